The summed E-state index contributed by atoms with van der Waals surface area (Å²) in [4.78, 5) is 18.8. The summed E-state index contributed by atoms with van der Waals surface area (Å²) in [6.45, 7) is 3.92. The van der Waals surface area contributed by atoms with Crippen LogP contribution in [0.5, 0.6) is 5.75 Å². The summed E-state index contributed by atoms with van der Waals surface area (Å²) in [7, 11) is 1.60. The van der Waals surface area contributed by atoms with Gasteiger partial charge in [-0.2, -0.15) is 0 Å². The molecule has 0 saturated carbocycles. The Morgan fingerprint density at radius 2 is 1.84 bits per heavy atom. The predicted molar refractivity (Wildman–Crippen MR) is 150 cm³/mol. The molecule has 1 aliphatic rings. The first-order valence-electron chi connectivity index (χ1n) is 12.2. The lowest BCUT2D eigenvalue weighted by Crippen LogP contribution is -2.30. The van der Waals surface area contributed by atoms with Crippen LogP contribution in [-0.4, -0.2) is 27.7 Å². The van der Waals surface area contributed by atoms with E-state index in [4.69, 9.17) is 17.0 Å². The van der Waals surface area contributed by atoms with Gasteiger partial charge >= 0.3 is 0 Å². The zero-order chi connectivity index (χ0) is 25.9. The Hall–Kier alpha value is -4.17. The molecule has 2 N–H and O–H groups in total. The van der Waals surface area contributed by atoms with E-state index in [0.29, 0.717) is 23.0 Å². The summed E-state index contributed by atoms with van der Waals surface area (Å²) in [6, 6.07) is 25.8. The summed E-state index contributed by atoms with van der Waals surface area (Å²) in [6.07, 6.45) is 2.18. The number of amides is 1. The maximum Gasteiger partial charge on any atom is 0.224 e. The van der Waals surface area contributed by atoms with Crippen molar-refractivity contribution in [3.05, 3.63) is 102 Å². The topological polar surface area (TPSA) is 71.4 Å². The van der Waals surface area contributed by atoms with E-state index in [1.807, 2.05) is 61.5 Å². The van der Waals surface area contributed by atoms with Gasteiger partial charge in [0.2, 0.25) is 5.91 Å². The fourth-order valence-electron chi connectivity index (χ4n) is 4.82. The number of ether oxygens (including phenoxy) is 1. The fraction of sp³-hybridized carbons (Fsp3) is 0.207. The van der Waals surface area contributed by atoms with Crippen molar-refractivity contribution in [2.75, 3.05) is 17.3 Å². The quantitative estimate of drug-likeness (QED) is 0.310. The van der Waals surface area contributed by atoms with Gasteiger partial charge in [-0.3, -0.25) is 9.78 Å². The maximum atomic E-state index is 12.0. The molecular weight excluding hydrogens is 482 g/mol. The second-order valence-electron chi connectivity index (χ2n) is 8.85. The molecule has 3 heterocycles. The van der Waals surface area contributed by atoms with E-state index in [-0.39, 0.29) is 18.0 Å². The lowest BCUT2D eigenvalue weighted by Gasteiger charge is -2.30. The van der Waals surface area contributed by atoms with E-state index in [9.17, 15) is 4.79 Å². The summed E-state index contributed by atoms with van der Waals surface area (Å²) in [5, 5.41) is 7.02. The van der Waals surface area contributed by atoms with E-state index in [1.54, 1.807) is 13.3 Å². The second kappa shape index (κ2) is 10.4. The number of benzene rings is 2. The zero-order valence-electron chi connectivity index (χ0n) is 21.0. The van der Waals surface area contributed by atoms with Crippen LogP contribution in [0.1, 0.15) is 42.5 Å². The number of para-hydroxylation sites is 1. The van der Waals surface area contributed by atoms with Crippen LogP contribution in [0.2, 0.25) is 0 Å². The van der Waals surface area contributed by atoms with Crippen LogP contribution in [0.3, 0.4) is 0 Å². The standard InChI is InChI=1S/C29H29N5O2S/c1-4-26(35)31-22-15-14-21(18-25(22)36-3)34-28(27(32-29(34)37)23-12-8-9-17-30-23)24-16-13-19(2)33(24)20-10-6-5-7-11-20/h5-18,27-28H,4H2,1-3H3,(H,31,35)(H,32,37)/t27-,28-/m1/s1. The Balaban J connectivity index is 1.65. The summed E-state index contributed by atoms with van der Waals surface area (Å²) in [5.74, 6) is 0.491. The van der Waals surface area contributed by atoms with Gasteiger partial charge in [0.05, 0.1) is 24.5 Å². The molecule has 2 atom stereocenters. The Morgan fingerprint density at radius 1 is 1.05 bits per heavy atom. The van der Waals surface area contributed by atoms with E-state index in [2.05, 4.69) is 56.3 Å². The molecule has 1 amide bonds. The number of hydrogen-bond acceptors (Lipinski definition) is 4. The van der Waals surface area contributed by atoms with Crippen LogP contribution < -0.4 is 20.3 Å². The summed E-state index contributed by atoms with van der Waals surface area (Å²) < 4.78 is 7.91. The molecule has 0 radical (unpaired) electrons. The lowest BCUT2D eigenvalue weighted by atomic mass is 10.0. The van der Waals surface area contributed by atoms with Crippen molar-refractivity contribution in [1.29, 1.82) is 0 Å². The number of thiocarbonyl (C=S) groups is 1. The van der Waals surface area contributed by atoms with Crippen molar-refractivity contribution in [3.8, 4) is 11.4 Å². The molecule has 4 aromatic rings. The van der Waals surface area contributed by atoms with Gasteiger partial charge in [0.15, 0.2) is 5.11 Å². The first-order chi connectivity index (χ1) is 18.0. The van der Waals surface area contributed by atoms with Crippen LogP contribution in [-0.2, 0) is 4.79 Å². The molecule has 0 aliphatic carbocycles. The molecule has 1 saturated heterocycles. The van der Waals surface area contributed by atoms with Crippen molar-refractivity contribution < 1.29 is 9.53 Å². The molecule has 2 aromatic heterocycles. The third-order valence-corrected chi connectivity index (χ3v) is 6.89. The Morgan fingerprint density at radius 3 is 2.54 bits per heavy atom. The number of aromatic nitrogens is 2. The molecule has 37 heavy (non-hydrogen) atoms. The van der Waals surface area contributed by atoms with Crippen LogP contribution in [0, 0.1) is 6.92 Å². The highest BCUT2D eigenvalue weighted by Crippen LogP contribution is 2.44. The van der Waals surface area contributed by atoms with Crippen molar-refractivity contribution in [2.24, 2.45) is 0 Å². The second-order valence-corrected chi connectivity index (χ2v) is 9.24. The predicted octanol–water partition coefficient (Wildman–Crippen LogP) is 5.71. The number of nitrogens with one attached hydrogen (secondary N) is 2. The minimum absolute atomic E-state index is 0.0753. The SMILES string of the molecule is CCC(=O)Nc1ccc(N2C(=S)N[C@H](c3ccccn3)[C@H]2c2ccc(C)n2-c2ccccc2)cc1OC. The van der Waals surface area contributed by atoms with Gasteiger partial charge in [0.25, 0.3) is 0 Å². The highest BCUT2D eigenvalue weighted by molar-refractivity contribution is 7.80. The van der Waals surface area contributed by atoms with Gasteiger partial charge in [-0.1, -0.05) is 31.2 Å². The van der Waals surface area contributed by atoms with E-state index in [1.165, 1.54) is 0 Å². The molecule has 1 fully saturated rings. The summed E-state index contributed by atoms with van der Waals surface area (Å²) >= 11 is 5.91. The van der Waals surface area contributed by atoms with Gasteiger partial charge in [-0.15, -0.1) is 0 Å². The van der Waals surface area contributed by atoms with Crippen LogP contribution in [0.4, 0.5) is 11.4 Å². The van der Waals surface area contributed by atoms with Gasteiger partial charge in [0.1, 0.15) is 11.8 Å². The van der Waals surface area contributed by atoms with Gasteiger partial charge < -0.3 is 24.8 Å². The van der Waals surface area contributed by atoms with Crippen molar-refractivity contribution in [1.82, 2.24) is 14.9 Å². The number of carbonyl (C=O) groups is 1. The largest absolute Gasteiger partial charge is 0.494 e. The lowest BCUT2D eigenvalue weighted by molar-refractivity contribution is -0.115. The zero-order valence-corrected chi connectivity index (χ0v) is 21.8. The number of pyridine rings is 1. The molecular formula is C29H29N5O2S. The molecule has 8 heteroatoms. The number of aryl methyl sites for hydroxylation is 1. The third-order valence-electron chi connectivity index (χ3n) is 6.58. The Kier molecular flexibility index (Phi) is 6.92. The monoisotopic (exact) mass is 511 g/mol. The average molecular weight is 512 g/mol. The Bertz CT molecular complexity index is 1420. The van der Waals surface area contributed by atoms with E-state index in [0.717, 1.165) is 28.5 Å². The molecule has 1 aliphatic heterocycles. The summed E-state index contributed by atoms with van der Waals surface area (Å²) in [5.41, 5.74) is 5.65. The molecule has 0 spiro atoms. The minimum atomic E-state index is -0.197. The van der Waals surface area contributed by atoms with E-state index >= 15 is 0 Å². The number of carbonyl (C=O) groups excluding carboxylic acids is 1. The maximum absolute atomic E-state index is 12.0. The number of hydrogen-bond donors (Lipinski definition) is 2. The first-order valence-corrected chi connectivity index (χ1v) is 12.6. The number of nitrogens with zero attached hydrogens (tertiary/aromatic N) is 3. The molecule has 188 valence electrons. The van der Waals surface area contributed by atoms with Crippen LogP contribution in [0.25, 0.3) is 5.69 Å². The minimum Gasteiger partial charge on any atom is -0.494 e. The smallest absolute Gasteiger partial charge is 0.224 e. The molecule has 0 bridgehead atoms. The van der Waals surface area contributed by atoms with Gasteiger partial charge in [-0.05, 0) is 67.7 Å². The first kappa shape index (κ1) is 24.5. The van der Waals surface area contributed by atoms with Gasteiger partial charge in [0, 0.05) is 41.4 Å². The number of methoxy groups -OCH3 is 1. The fourth-order valence-corrected chi connectivity index (χ4v) is 5.17. The Labute approximate surface area is 222 Å². The number of anilines is 2. The molecule has 5 rings (SSSR count). The van der Waals surface area contributed by atoms with Crippen molar-refractivity contribution >= 4 is 34.6 Å². The van der Waals surface area contributed by atoms with E-state index < -0.39 is 0 Å². The molecule has 0 unspecified atom stereocenters. The van der Waals surface area contributed by atoms with Crippen molar-refractivity contribution in [3.63, 3.8) is 0 Å². The van der Waals surface area contributed by atoms with Gasteiger partial charge in [-0.25, -0.2) is 0 Å². The third kappa shape index (κ3) is 4.68. The highest BCUT2D eigenvalue weighted by atomic mass is 32.1. The molecule has 2 aromatic carbocycles. The number of rotatable bonds is 7. The van der Waals surface area contributed by atoms with Crippen LogP contribution >= 0.6 is 12.2 Å². The highest BCUT2D eigenvalue weighted by Gasteiger charge is 2.42. The van der Waals surface area contributed by atoms with Crippen LogP contribution in [0.15, 0.2) is 85.1 Å². The molecule has 7 nitrogen and oxygen atoms in total. The normalized spacial score (nSPS) is 16.9. The average Bonchev–Trinajstić information content (AvgIpc) is 3.48. The van der Waals surface area contributed by atoms with Crippen molar-refractivity contribution in [2.45, 2.75) is 32.4 Å².